The SMILES string of the molecule is Nc1ccc(C2(C(=O)C3=CCCO3)CC2)cc1. The number of rotatable bonds is 3. The molecule has 1 aliphatic carbocycles. The van der Waals surface area contributed by atoms with Gasteiger partial charge in [-0.25, -0.2) is 0 Å². The van der Waals surface area contributed by atoms with Crippen molar-refractivity contribution in [3.63, 3.8) is 0 Å². The smallest absolute Gasteiger partial charge is 0.207 e. The largest absolute Gasteiger partial charge is 0.490 e. The minimum atomic E-state index is -0.329. The van der Waals surface area contributed by atoms with Gasteiger partial charge in [-0.05, 0) is 36.6 Å². The Kier molecular flexibility index (Phi) is 2.21. The van der Waals surface area contributed by atoms with E-state index in [0.29, 0.717) is 12.4 Å². The molecule has 1 fully saturated rings. The molecule has 17 heavy (non-hydrogen) atoms. The first kappa shape index (κ1) is 10.4. The molecular weight excluding hydrogens is 214 g/mol. The molecule has 3 rings (SSSR count). The highest BCUT2D eigenvalue weighted by molar-refractivity contribution is 6.04. The summed E-state index contributed by atoms with van der Waals surface area (Å²) in [5, 5.41) is 0. The van der Waals surface area contributed by atoms with Gasteiger partial charge in [0.15, 0.2) is 5.76 Å². The summed E-state index contributed by atoms with van der Waals surface area (Å²) in [6.45, 7) is 0.638. The number of nitrogen functional groups attached to an aromatic ring is 1. The molecule has 1 saturated carbocycles. The molecule has 2 aliphatic rings. The number of ketones is 1. The summed E-state index contributed by atoms with van der Waals surface area (Å²) in [5.74, 6) is 0.694. The van der Waals surface area contributed by atoms with Gasteiger partial charge in [-0.2, -0.15) is 0 Å². The summed E-state index contributed by atoms with van der Waals surface area (Å²) in [6.07, 6.45) is 4.57. The van der Waals surface area contributed by atoms with E-state index in [4.69, 9.17) is 10.5 Å². The summed E-state index contributed by atoms with van der Waals surface area (Å²) in [4.78, 5) is 12.4. The second-order valence-corrected chi connectivity index (χ2v) is 4.74. The van der Waals surface area contributed by atoms with E-state index < -0.39 is 0 Å². The van der Waals surface area contributed by atoms with Gasteiger partial charge >= 0.3 is 0 Å². The fraction of sp³-hybridized carbons (Fsp3) is 0.357. The van der Waals surface area contributed by atoms with Crippen molar-refractivity contribution in [2.24, 2.45) is 0 Å². The highest BCUT2D eigenvalue weighted by Crippen LogP contribution is 2.50. The van der Waals surface area contributed by atoms with E-state index in [1.807, 2.05) is 30.3 Å². The zero-order valence-electron chi connectivity index (χ0n) is 9.61. The monoisotopic (exact) mass is 229 g/mol. The molecule has 0 radical (unpaired) electrons. The number of allylic oxidation sites excluding steroid dienone is 1. The molecule has 0 amide bonds. The first-order valence-electron chi connectivity index (χ1n) is 5.96. The molecule has 0 aromatic heterocycles. The highest BCUT2D eigenvalue weighted by Gasteiger charge is 2.52. The van der Waals surface area contributed by atoms with E-state index in [-0.39, 0.29) is 11.2 Å². The van der Waals surface area contributed by atoms with Gasteiger partial charge in [0.1, 0.15) is 0 Å². The third-order valence-corrected chi connectivity index (χ3v) is 3.58. The summed E-state index contributed by atoms with van der Waals surface area (Å²) >= 11 is 0. The lowest BCUT2D eigenvalue weighted by Gasteiger charge is -2.15. The van der Waals surface area contributed by atoms with E-state index in [1.54, 1.807) is 0 Å². The van der Waals surface area contributed by atoms with Crippen molar-refractivity contribution in [3.05, 3.63) is 41.7 Å². The van der Waals surface area contributed by atoms with Gasteiger partial charge in [0, 0.05) is 12.1 Å². The van der Waals surface area contributed by atoms with Gasteiger partial charge in [0.05, 0.1) is 12.0 Å². The molecule has 1 aromatic carbocycles. The molecule has 0 spiro atoms. The fourth-order valence-corrected chi connectivity index (χ4v) is 2.39. The van der Waals surface area contributed by atoms with Crippen molar-refractivity contribution in [3.8, 4) is 0 Å². The second kappa shape index (κ2) is 3.62. The number of nitrogens with two attached hydrogens (primary N) is 1. The Morgan fingerprint density at radius 3 is 2.47 bits per heavy atom. The van der Waals surface area contributed by atoms with Crippen LogP contribution >= 0.6 is 0 Å². The lowest BCUT2D eigenvalue weighted by Crippen LogP contribution is -2.22. The lowest BCUT2D eigenvalue weighted by molar-refractivity contribution is -0.120. The van der Waals surface area contributed by atoms with Crippen LogP contribution in [0.25, 0.3) is 0 Å². The molecule has 88 valence electrons. The number of hydrogen-bond acceptors (Lipinski definition) is 3. The number of carbonyl (C=O) groups excluding carboxylic acids is 1. The van der Waals surface area contributed by atoms with Gasteiger partial charge in [-0.3, -0.25) is 4.79 Å². The number of carbonyl (C=O) groups is 1. The molecule has 0 unspecified atom stereocenters. The van der Waals surface area contributed by atoms with Crippen LogP contribution in [0, 0.1) is 0 Å². The van der Waals surface area contributed by atoms with E-state index in [2.05, 4.69) is 0 Å². The van der Waals surface area contributed by atoms with Crippen LogP contribution in [-0.2, 0) is 14.9 Å². The normalized spacial score (nSPS) is 20.6. The predicted octanol–water partition coefficient (Wildman–Crippen LogP) is 2.17. The Morgan fingerprint density at radius 1 is 1.24 bits per heavy atom. The maximum absolute atomic E-state index is 12.4. The van der Waals surface area contributed by atoms with Crippen molar-refractivity contribution in [2.45, 2.75) is 24.7 Å². The molecule has 1 aliphatic heterocycles. The van der Waals surface area contributed by atoms with Gasteiger partial charge in [-0.15, -0.1) is 0 Å². The molecule has 1 aromatic rings. The zero-order valence-corrected chi connectivity index (χ0v) is 9.61. The maximum atomic E-state index is 12.4. The van der Waals surface area contributed by atoms with E-state index in [0.717, 1.165) is 30.5 Å². The standard InChI is InChI=1S/C14H15NO2/c15-11-5-3-10(4-6-11)14(7-8-14)13(16)12-2-1-9-17-12/h2-6H,1,7-9,15H2. The predicted molar refractivity (Wildman–Crippen MR) is 65.4 cm³/mol. The summed E-state index contributed by atoms with van der Waals surface area (Å²) in [7, 11) is 0. The van der Waals surface area contributed by atoms with Crippen LogP contribution in [-0.4, -0.2) is 12.4 Å². The Bertz CT molecular complexity index is 483. The van der Waals surface area contributed by atoms with E-state index >= 15 is 0 Å². The third-order valence-electron chi connectivity index (χ3n) is 3.58. The van der Waals surface area contributed by atoms with Crippen molar-refractivity contribution in [1.82, 2.24) is 0 Å². The average molecular weight is 229 g/mol. The summed E-state index contributed by atoms with van der Waals surface area (Å²) in [6, 6.07) is 7.62. The van der Waals surface area contributed by atoms with Crippen LogP contribution < -0.4 is 5.73 Å². The Labute approximate surface area is 100 Å². The molecule has 0 atom stereocenters. The topological polar surface area (TPSA) is 52.3 Å². The van der Waals surface area contributed by atoms with Crippen LogP contribution in [0.5, 0.6) is 0 Å². The van der Waals surface area contributed by atoms with Crippen LogP contribution in [0.1, 0.15) is 24.8 Å². The third kappa shape index (κ3) is 1.62. The van der Waals surface area contributed by atoms with Gasteiger partial charge in [0.25, 0.3) is 0 Å². The lowest BCUT2D eigenvalue weighted by atomic mass is 9.90. The molecule has 0 saturated heterocycles. The van der Waals surface area contributed by atoms with Gasteiger partial charge in [-0.1, -0.05) is 12.1 Å². The average Bonchev–Trinajstić information content (AvgIpc) is 2.97. The quantitative estimate of drug-likeness (QED) is 0.808. The minimum Gasteiger partial charge on any atom is -0.490 e. The highest BCUT2D eigenvalue weighted by atomic mass is 16.5. The molecule has 3 heteroatoms. The number of Topliss-reactive ketones (excluding diaryl/α,β-unsaturated/α-hetero) is 1. The van der Waals surface area contributed by atoms with Gasteiger partial charge in [0.2, 0.25) is 5.78 Å². The Balaban J connectivity index is 1.91. The summed E-state index contributed by atoms with van der Waals surface area (Å²) < 4.78 is 5.37. The fourth-order valence-electron chi connectivity index (χ4n) is 2.39. The Hall–Kier alpha value is -1.77. The van der Waals surface area contributed by atoms with Crippen molar-refractivity contribution in [1.29, 1.82) is 0 Å². The number of anilines is 1. The van der Waals surface area contributed by atoms with Crippen LogP contribution in [0.3, 0.4) is 0 Å². The number of ether oxygens (including phenoxy) is 1. The van der Waals surface area contributed by atoms with Crippen LogP contribution in [0.4, 0.5) is 5.69 Å². The van der Waals surface area contributed by atoms with Crippen molar-refractivity contribution < 1.29 is 9.53 Å². The first-order chi connectivity index (χ1) is 8.22. The molecule has 1 heterocycles. The number of benzene rings is 1. The molecule has 0 bridgehead atoms. The Morgan fingerprint density at radius 2 is 1.94 bits per heavy atom. The van der Waals surface area contributed by atoms with Crippen molar-refractivity contribution >= 4 is 11.5 Å². The minimum absolute atomic E-state index is 0.139. The number of hydrogen-bond donors (Lipinski definition) is 1. The van der Waals surface area contributed by atoms with Gasteiger partial charge < -0.3 is 10.5 Å². The second-order valence-electron chi connectivity index (χ2n) is 4.74. The molecule has 3 nitrogen and oxygen atoms in total. The van der Waals surface area contributed by atoms with E-state index in [9.17, 15) is 4.79 Å². The summed E-state index contributed by atoms with van der Waals surface area (Å²) in [5.41, 5.74) is 7.13. The first-order valence-corrected chi connectivity index (χ1v) is 5.96. The zero-order chi connectivity index (χ0) is 11.9. The van der Waals surface area contributed by atoms with Crippen LogP contribution in [0.2, 0.25) is 0 Å². The molecular formula is C14H15NO2. The van der Waals surface area contributed by atoms with Crippen LogP contribution in [0.15, 0.2) is 36.1 Å². The maximum Gasteiger partial charge on any atom is 0.207 e. The van der Waals surface area contributed by atoms with Crippen molar-refractivity contribution in [2.75, 3.05) is 12.3 Å². The van der Waals surface area contributed by atoms with E-state index in [1.165, 1.54) is 0 Å². The molecule has 2 N–H and O–H groups in total.